The summed E-state index contributed by atoms with van der Waals surface area (Å²) in [6.07, 6.45) is 10.9. The number of benzene rings is 1. The number of amides is 1. The van der Waals surface area contributed by atoms with Crippen molar-refractivity contribution in [1.29, 1.82) is 0 Å². The molecule has 3 rings (SSSR count). The predicted molar refractivity (Wildman–Crippen MR) is 151 cm³/mol. The zero-order chi connectivity index (χ0) is 25.6. The number of hydrogen-bond acceptors (Lipinski definition) is 6. The van der Waals surface area contributed by atoms with Crippen LogP contribution < -0.4 is 9.62 Å². The van der Waals surface area contributed by atoms with Crippen molar-refractivity contribution in [2.75, 3.05) is 35.8 Å². The van der Waals surface area contributed by atoms with E-state index in [9.17, 15) is 9.18 Å². The Morgan fingerprint density at radius 1 is 1.37 bits per heavy atom. The Morgan fingerprint density at radius 3 is 2.83 bits per heavy atom. The summed E-state index contributed by atoms with van der Waals surface area (Å²) in [6, 6.07) is 4.67. The van der Waals surface area contributed by atoms with E-state index in [1.165, 1.54) is 12.1 Å². The lowest BCUT2D eigenvalue weighted by molar-refractivity contribution is -0.122. The van der Waals surface area contributed by atoms with E-state index in [1.54, 1.807) is 35.5 Å². The number of anilines is 2. The van der Waals surface area contributed by atoms with E-state index in [4.69, 9.17) is 0 Å². The number of hydrogen-bond donors (Lipinski definition) is 1. The van der Waals surface area contributed by atoms with Crippen molar-refractivity contribution in [3.63, 3.8) is 0 Å². The molecular formula is C27H39FN4OS2. The van der Waals surface area contributed by atoms with E-state index in [-0.39, 0.29) is 17.6 Å². The highest BCUT2D eigenvalue weighted by Gasteiger charge is 2.31. The lowest BCUT2D eigenvalue weighted by Gasteiger charge is -2.27. The van der Waals surface area contributed by atoms with E-state index in [0.29, 0.717) is 6.54 Å². The van der Waals surface area contributed by atoms with Crippen molar-refractivity contribution in [3.8, 4) is 0 Å². The molecule has 1 aromatic carbocycles. The van der Waals surface area contributed by atoms with Crippen LogP contribution in [0, 0.1) is 18.7 Å². The first-order chi connectivity index (χ1) is 17.0. The van der Waals surface area contributed by atoms with Gasteiger partial charge < -0.3 is 9.62 Å². The number of carbonyl (C=O) groups excluding carboxylic acids is 1. The van der Waals surface area contributed by atoms with Gasteiger partial charge in [0.05, 0.1) is 5.92 Å². The zero-order valence-corrected chi connectivity index (χ0v) is 23.2. The highest BCUT2D eigenvalue weighted by atomic mass is 32.2. The number of carbonyl (C=O) groups is 1. The molecule has 1 atom stereocenters. The Labute approximate surface area is 218 Å². The van der Waals surface area contributed by atoms with Crippen LogP contribution in [0.2, 0.25) is 0 Å². The monoisotopic (exact) mass is 518 g/mol. The van der Waals surface area contributed by atoms with Gasteiger partial charge in [0.25, 0.3) is 0 Å². The van der Waals surface area contributed by atoms with Crippen molar-refractivity contribution in [2.45, 2.75) is 53.9 Å². The minimum absolute atomic E-state index is 0.0268. The third-order valence-electron chi connectivity index (χ3n) is 5.52. The van der Waals surface area contributed by atoms with Crippen LogP contribution in [0.3, 0.4) is 0 Å². The molecule has 1 saturated heterocycles. The average Bonchev–Trinajstić information content (AvgIpc) is 3.55. The third kappa shape index (κ3) is 9.09. The number of rotatable bonds is 11. The largest absolute Gasteiger partial charge is 0.312 e. The van der Waals surface area contributed by atoms with Crippen molar-refractivity contribution < 1.29 is 9.18 Å². The van der Waals surface area contributed by atoms with Gasteiger partial charge in [-0.25, -0.2) is 9.37 Å². The fourth-order valence-corrected chi connectivity index (χ4v) is 5.32. The maximum Gasteiger partial charge on any atom is 0.231 e. The molecular weight excluding hydrogens is 479 g/mol. The second-order valence-corrected chi connectivity index (χ2v) is 9.90. The van der Waals surface area contributed by atoms with Gasteiger partial charge >= 0.3 is 0 Å². The summed E-state index contributed by atoms with van der Waals surface area (Å²) in [5, 5.41) is 2.84. The summed E-state index contributed by atoms with van der Waals surface area (Å²) in [6.45, 7) is 13.2. The Balaban J connectivity index is 0.00000210. The molecule has 0 spiro atoms. The smallest absolute Gasteiger partial charge is 0.231 e. The van der Waals surface area contributed by atoms with Crippen molar-refractivity contribution in [3.05, 3.63) is 64.3 Å². The third-order valence-corrected chi connectivity index (χ3v) is 7.18. The SMILES string of the molecule is CC.CC/C=C(\C=C/CN1CCC(C(=O)N(CCC)c2ccc(F)cc2C)C1)SNc1nccs1. The van der Waals surface area contributed by atoms with Gasteiger partial charge in [-0.1, -0.05) is 39.8 Å². The van der Waals surface area contributed by atoms with Gasteiger partial charge in [0.15, 0.2) is 5.13 Å². The summed E-state index contributed by atoms with van der Waals surface area (Å²) in [5.41, 5.74) is 1.62. The second-order valence-electron chi connectivity index (χ2n) is 8.12. The predicted octanol–water partition coefficient (Wildman–Crippen LogP) is 7.29. The molecule has 0 aliphatic carbocycles. The summed E-state index contributed by atoms with van der Waals surface area (Å²) in [7, 11) is 0. The standard InChI is InChI=1S/C25H33FN4OS2.C2H6/c1-4-7-22(33-28-25-27-12-16-32-25)8-6-14-29-15-11-20(18-29)24(31)30(13-5-2)23-10-9-21(26)17-19(23)3;1-2/h6-10,12,16-17,20H,4-5,11,13-15,18H2,1-3H3,(H,27,28);1-2H3/b8-6-,22-7+;. The highest BCUT2D eigenvalue weighted by molar-refractivity contribution is 8.04. The Bertz CT molecular complexity index is 962. The Morgan fingerprint density at radius 2 is 2.17 bits per heavy atom. The van der Waals surface area contributed by atoms with Gasteiger partial charge in [-0.3, -0.25) is 9.69 Å². The molecule has 0 bridgehead atoms. The number of thiazole rings is 1. The summed E-state index contributed by atoms with van der Waals surface area (Å²) in [5.74, 6) is -0.149. The second kappa shape index (κ2) is 15.8. The van der Waals surface area contributed by atoms with Gasteiger partial charge in [0.2, 0.25) is 5.91 Å². The fourth-order valence-electron chi connectivity index (χ4n) is 3.95. The van der Waals surface area contributed by atoms with Gasteiger partial charge in [-0.05, 0) is 74.5 Å². The number of halogens is 1. The van der Waals surface area contributed by atoms with E-state index in [0.717, 1.165) is 60.2 Å². The highest BCUT2D eigenvalue weighted by Crippen LogP contribution is 2.27. The summed E-state index contributed by atoms with van der Waals surface area (Å²) < 4.78 is 16.8. The molecule has 1 aliphatic heterocycles. The van der Waals surface area contributed by atoms with Crippen LogP contribution in [0.15, 0.2) is 52.9 Å². The van der Waals surface area contributed by atoms with E-state index in [2.05, 4.69) is 46.7 Å². The molecule has 8 heteroatoms. The van der Waals surface area contributed by atoms with Crippen LogP contribution in [0.25, 0.3) is 0 Å². The summed E-state index contributed by atoms with van der Waals surface area (Å²) >= 11 is 3.15. The molecule has 1 aromatic heterocycles. The Hall–Kier alpha value is -2.16. The average molecular weight is 519 g/mol. The van der Waals surface area contributed by atoms with Crippen molar-refractivity contribution in [1.82, 2.24) is 9.88 Å². The van der Waals surface area contributed by atoms with Gasteiger partial charge in [-0.15, -0.1) is 11.3 Å². The first-order valence-corrected chi connectivity index (χ1v) is 14.2. The summed E-state index contributed by atoms with van der Waals surface area (Å²) in [4.78, 5) is 22.9. The van der Waals surface area contributed by atoms with Crippen molar-refractivity contribution >= 4 is 40.0 Å². The number of nitrogens with zero attached hydrogens (tertiary/aromatic N) is 3. The van der Waals surface area contributed by atoms with E-state index >= 15 is 0 Å². The molecule has 1 aliphatic rings. The molecule has 0 saturated carbocycles. The number of aromatic nitrogens is 1. The molecule has 192 valence electrons. The van der Waals surface area contributed by atoms with Gasteiger partial charge in [0.1, 0.15) is 5.82 Å². The molecule has 2 aromatic rings. The van der Waals surface area contributed by atoms with Crippen LogP contribution in [-0.4, -0.2) is 42.0 Å². The fraction of sp³-hybridized carbons (Fsp3) is 0.481. The van der Waals surface area contributed by atoms with Crippen molar-refractivity contribution in [2.24, 2.45) is 5.92 Å². The van der Waals surface area contributed by atoms with Crippen LogP contribution in [-0.2, 0) is 4.79 Å². The first-order valence-electron chi connectivity index (χ1n) is 12.5. The topological polar surface area (TPSA) is 48.5 Å². The maximum absolute atomic E-state index is 13.6. The van der Waals surface area contributed by atoms with E-state index in [1.807, 2.05) is 31.1 Å². The van der Waals surface area contributed by atoms with Gasteiger partial charge in [-0.2, -0.15) is 0 Å². The Kier molecular flexibility index (Phi) is 13.1. The molecule has 35 heavy (non-hydrogen) atoms. The molecule has 1 amide bonds. The molecule has 1 N–H and O–H groups in total. The number of aryl methyl sites for hydroxylation is 1. The van der Waals surface area contributed by atoms with E-state index < -0.39 is 0 Å². The maximum atomic E-state index is 13.6. The molecule has 0 radical (unpaired) electrons. The quantitative estimate of drug-likeness (QED) is 0.250. The van der Waals surface area contributed by atoms with Crippen LogP contribution in [0.5, 0.6) is 0 Å². The number of likely N-dealkylation sites (tertiary alicyclic amines) is 1. The minimum atomic E-state index is -0.268. The lowest BCUT2D eigenvalue weighted by Crippen LogP contribution is -2.38. The van der Waals surface area contributed by atoms with Crippen LogP contribution in [0.4, 0.5) is 15.2 Å². The lowest BCUT2D eigenvalue weighted by atomic mass is 10.1. The minimum Gasteiger partial charge on any atom is -0.312 e. The molecule has 1 fully saturated rings. The number of allylic oxidation sites excluding steroid dienone is 2. The number of nitrogens with one attached hydrogen (secondary N) is 1. The van der Waals surface area contributed by atoms with Gasteiger partial charge in [0, 0.05) is 41.8 Å². The first kappa shape index (κ1) is 29.1. The molecule has 2 heterocycles. The normalized spacial score (nSPS) is 16.3. The van der Waals surface area contributed by atoms with Crippen LogP contribution in [0.1, 0.15) is 52.5 Å². The molecule has 1 unspecified atom stereocenters. The molecule has 5 nitrogen and oxygen atoms in total. The zero-order valence-electron chi connectivity index (χ0n) is 21.6. The van der Waals surface area contributed by atoms with Crippen LogP contribution >= 0.6 is 23.3 Å².